The van der Waals surface area contributed by atoms with Gasteiger partial charge in [0, 0.05) is 5.39 Å². The molecule has 0 fully saturated rings. The highest BCUT2D eigenvalue weighted by atomic mass is 35.5. The topological polar surface area (TPSA) is 47.6 Å². The second-order valence-electron chi connectivity index (χ2n) is 2.67. The van der Waals surface area contributed by atoms with E-state index in [1.54, 1.807) is 0 Å². The fourth-order valence-electron chi connectivity index (χ4n) is 1.27. The number of halogens is 1. The van der Waals surface area contributed by atoms with Crippen LogP contribution in [0.3, 0.4) is 0 Å². The van der Waals surface area contributed by atoms with Crippen LogP contribution in [-0.4, -0.2) is 0 Å². The van der Waals surface area contributed by atoms with Crippen molar-refractivity contribution in [2.24, 2.45) is 0 Å². The van der Waals surface area contributed by atoms with Crippen LogP contribution in [0.1, 0.15) is 11.1 Å². The zero-order valence-corrected chi connectivity index (χ0v) is 8.49. The summed E-state index contributed by atoms with van der Waals surface area (Å²) in [4.78, 5) is 0. The van der Waals surface area contributed by atoms with Gasteiger partial charge in [0.05, 0.1) is 20.8 Å². The highest BCUT2D eigenvalue weighted by Crippen LogP contribution is 2.33. The molecule has 0 spiro atoms. The molecular formula is C10H3ClN2S. The highest BCUT2D eigenvalue weighted by molar-refractivity contribution is 7.17. The van der Waals surface area contributed by atoms with Crippen LogP contribution in [0.15, 0.2) is 17.5 Å². The maximum atomic E-state index is 8.87. The number of hydrogen-bond donors (Lipinski definition) is 0. The first-order valence-corrected chi connectivity index (χ1v) is 5.03. The van der Waals surface area contributed by atoms with Gasteiger partial charge in [-0.25, -0.2) is 0 Å². The molecule has 2 aromatic rings. The largest absolute Gasteiger partial charge is 0.192 e. The normalized spacial score (nSPS) is 9.64. The van der Waals surface area contributed by atoms with Crippen molar-refractivity contribution in [2.45, 2.75) is 0 Å². The van der Waals surface area contributed by atoms with E-state index >= 15 is 0 Å². The Kier molecular flexibility index (Phi) is 2.13. The van der Waals surface area contributed by atoms with Crippen molar-refractivity contribution in [2.75, 3.05) is 0 Å². The summed E-state index contributed by atoms with van der Waals surface area (Å²) in [7, 11) is 0. The number of thiophene rings is 1. The summed E-state index contributed by atoms with van der Waals surface area (Å²) >= 11 is 7.44. The van der Waals surface area contributed by atoms with Crippen molar-refractivity contribution in [3.8, 4) is 12.1 Å². The summed E-state index contributed by atoms with van der Waals surface area (Å²) in [5.41, 5.74) is 0.866. The van der Waals surface area contributed by atoms with E-state index in [-0.39, 0.29) is 0 Å². The first kappa shape index (κ1) is 9.02. The van der Waals surface area contributed by atoms with E-state index in [0.29, 0.717) is 16.1 Å². The minimum absolute atomic E-state index is 0.356. The molecule has 0 aliphatic rings. The molecule has 0 amide bonds. The average molecular weight is 219 g/mol. The molecule has 66 valence electrons. The maximum Gasteiger partial charge on any atom is 0.101 e. The van der Waals surface area contributed by atoms with Gasteiger partial charge in [-0.15, -0.1) is 11.3 Å². The van der Waals surface area contributed by atoms with Crippen molar-refractivity contribution in [1.29, 1.82) is 10.5 Å². The first-order chi connectivity index (χ1) is 6.77. The third-order valence-corrected chi connectivity index (χ3v) is 3.27. The molecule has 1 aromatic heterocycles. The van der Waals surface area contributed by atoms with Gasteiger partial charge in [0.15, 0.2) is 0 Å². The van der Waals surface area contributed by atoms with Gasteiger partial charge in [0.25, 0.3) is 0 Å². The van der Waals surface area contributed by atoms with Gasteiger partial charge in [-0.05, 0) is 17.5 Å². The van der Waals surface area contributed by atoms with Crippen LogP contribution in [0.4, 0.5) is 0 Å². The molecule has 0 aliphatic heterocycles. The lowest BCUT2D eigenvalue weighted by Gasteiger charge is -1.98. The number of rotatable bonds is 0. The Hall–Kier alpha value is -1.55. The molecule has 0 radical (unpaired) electrons. The average Bonchev–Trinajstić information content (AvgIpc) is 2.68. The third kappa shape index (κ3) is 1.15. The van der Waals surface area contributed by atoms with Crippen molar-refractivity contribution in [3.63, 3.8) is 0 Å². The van der Waals surface area contributed by atoms with E-state index in [1.807, 2.05) is 17.5 Å². The second kappa shape index (κ2) is 3.31. The standard InChI is InChI=1S/C10H3ClN2S/c11-9-6(4-12)3-7(5-13)10-8(9)1-2-14-10/h1-3H. The van der Waals surface area contributed by atoms with Gasteiger partial charge in [0.2, 0.25) is 0 Å². The SMILES string of the molecule is N#Cc1cc(C#N)c2sccc2c1Cl. The van der Waals surface area contributed by atoms with Gasteiger partial charge in [0.1, 0.15) is 12.1 Å². The minimum atomic E-state index is 0.356. The lowest BCUT2D eigenvalue weighted by molar-refractivity contribution is 1.47. The fraction of sp³-hybridized carbons (Fsp3) is 0. The Labute approximate surface area is 89.6 Å². The summed E-state index contributed by atoms with van der Waals surface area (Å²) in [5.74, 6) is 0. The predicted molar refractivity (Wildman–Crippen MR) is 56.3 cm³/mol. The molecule has 0 aliphatic carbocycles. The van der Waals surface area contributed by atoms with Crippen LogP contribution in [-0.2, 0) is 0 Å². The smallest absolute Gasteiger partial charge is 0.101 e. The Balaban J connectivity index is 2.98. The van der Waals surface area contributed by atoms with Crippen LogP contribution in [0, 0.1) is 22.7 Å². The number of benzene rings is 1. The second-order valence-corrected chi connectivity index (χ2v) is 3.97. The predicted octanol–water partition coefficient (Wildman–Crippen LogP) is 3.30. The quantitative estimate of drug-likeness (QED) is 0.681. The molecule has 2 nitrogen and oxygen atoms in total. The van der Waals surface area contributed by atoms with E-state index in [2.05, 4.69) is 6.07 Å². The molecular weight excluding hydrogens is 216 g/mol. The summed E-state index contributed by atoms with van der Waals surface area (Å²) in [6.45, 7) is 0. The number of hydrogen-bond acceptors (Lipinski definition) is 3. The fourth-order valence-corrected chi connectivity index (χ4v) is 2.45. The van der Waals surface area contributed by atoms with Crippen LogP contribution in [0.5, 0.6) is 0 Å². The molecule has 4 heteroatoms. The van der Waals surface area contributed by atoms with E-state index in [0.717, 1.165) is 10.1 Å². The van der Waals surface area contributed by atoms with Crippen molar-refractivity contribution >= 4 is 33.0 Å². The molecule has 14 heavy (non-hydrogen) atoms. The van der Waals surface area contributed by atoms with Gasteiger partial charge in [-0.2, -0.15) is 10.5 Å². The lowest BCUT2D eigenvalue weighted by atomic mass is 10.1. The zero-order valence-electron chi connectivity index (χ0n) is 6.91. The molecule has 0 unspecified atom stereocenters. The van der Waals surface area contributed by atoms with Crippen molar-refractivity contribution < 1.29 is 0 Å². The molecule has 1 heterocycles. The Morgan fingerprint density at radius 2 is 1.93 bits per heavy atom. The van der Waals surface area contributed by atoms with E-state index < -0.39 is 0 Å². The molecule has 0 N–H and O–H groups in total. The van der Waals surface area contributed by atoms with E-state index in [1.165, 1.54) is 17.4 Å². The Morgan fingerprint density at radius 3 is 2.57 bits per heavy atom. The van der Waals surface area contributed by atoms with Gasteiger partial charge in [-0.3, -0.25) is 0 Å². The monoisotopic (exact) mass is 218 g/mol. The van der Waals surface area contributed by atoms with Crippen LogP contribution in [0.2, 0.25) is 5.02 Å². The zero-order chi connectivity index (χ0) is 10.1. The maximum absolute atomic E-state index is 8.87. The van der Waals surface area contributed by atoms with Gasteiger partial charge in [-0.1, -0.05) is 11.6 Å². The van der Waals surface area contributed by atoms with Gasteiger partial charge < -0.3 is 0 Å². The van der Waals surface area contributed by atoms with E-state index in [9.17, 15) is 0 Å². The van der Waals surface area contributed by atoms with Gasteiger partial charge >= 0.3 is 0 Å². The first-order valence-electron chi connectivity index (χ1n) is 3.78. The molecule has 0 saturated carbocycles. The molecule has 1 aromatic carbocycles. The molecule has 0 saturated heterocycles. The van der Waals surface area contributed by atoms with Crippen LogP contribution in [0.25, 0.3) is 10.1 Å². The number of nitriles is 2. The van der Waals surface area contributed by atoms with Crippen molar-refractivity contribution in [1.82, 2.24) is 0 Å². The number of fused-ring (bicyclic) bond motifs is 1. The van der Waals surface area contributed by atoms with Crippen molar-refractivity contribution in [3.05, 3.63) is 33.7 Å². The summed E-state index contributed by atoms with van der Waals surface area (Å²) in [6.07, 6.45) is 0. The highest BCUT2D eigenvalue weighted by Gasteiger charge is 2.10. The molecule has 2 rings (SSSR count). The third-order valence-electron chi connectivity index (χ3n) is 1.91. The summed E-state index contributed by atoms with van der Waals surface area (Å²) in [5, 5.41) is 20.7. The Bertz CT molecular complexity index is 586. The van der Waals surface area contributed by atoms with Crippen LogP contribution < -0.4 is 0 Å². The van der Waals surface area contributed by atoms with E-state index in [4.69, 9.17) is 22.1 Å². The number of nitrogens with zero attached hydrogens (tertiary/aromatic N) is 2. The summed E-state index contributed by atoms with van der Waals surface area (Å²) in [6, 6.07) is 7.38. The van der Waals surface area contributed by atoms with Crippen LogP contribution >= 0.6 is 22.9 Å². The summed E-state index contributed by atoms with van der Waals surface area (Å²) < 4.78 is 0.844. The Morgan fingerprint density at radius 1 is 1.21 bits per heavy atom. The lowest BCUT2D eigenvalue weighted by Crippen LogP contribution is -1.82. The molecule has 0 atom stereocenters. The minimum Gasteiger partial charge on any atom is -0.192 e. The molecule has 0 bridgehead atoms.